The number of nitrogens with zero attached hydrogens (tertiary/aromatic N) is 2. The van der Waals surface area contributed by atoms with E-state index in [-0.39, 0.29) is 0 Å². The molecule has 2 aromatic carbocycles. The minimum absolute atomic E-state index is 0.953. The number of fused-ring (bicyclic) bond motifs is 1. The Morgan fingerprint density at radius 1 is 0.897 bits per heavy atom. The number of rotatable bonds is 4. The summed E-state index contributed by atoms with van der Waals surface area (Å²) in [6.07, 6.45) is 3.09. The molecule has 2 heteroatoms. The topological polar surface area (TPSA) is 16.1 Å². The van der Waals surface area contributed by atoms with Crippen molar-refractivity contribution in [1.29, 1.82) is 0 Å². The molecule has 0 saturated carbocycles. The number of aromatic nitrogens is 1. The lowest BCUT2D eigenvalue weighted by atomic mass is 9.92. The zero-order valence-corrected chi connectivity index (χ0v) is 18.5. The Labute approximate surface area is 175 Å². The van der Waals surface area contributed by atoms with Crippen molar-refractivity contribution in [3.05, 3.63) is 81.5 Å². The maximum atomic E-state index is 5.20. The third-order valence-electron chi connectivity index (χ3n) is 6.36. The van der Waals surface area contributed by atoms with Gasteiger partial charge >= 0.3 is 0 Å². The van der Waals surface area contributed by atoms with Crippen LogP contribution in [0.4, 0.5) is 5.69 Å². The van der Waals surface area contributed by atoms with Gasteiger partial charge in [-0.1, -0.05) is 44.2 Å². The van der Waals surface area contributed by atoms with Gasteiger partial charge in [-0.15, -0.1) is 0 Å². The van der Waals surface area contributed by atoms with Gasteiger partial charge in [0.2, 0.25) is 0 Å². The summed E-state index contributed by atoms with van der Waals surface area (Å²) in [5.74, 6) is 0. The van der Waals surface area contributed by atoms with Gasteiger partial charge in [-0.3, -0.25) is 4.98 Å². The van der Waals surface area contributed by atoms with E-state index in [0.29, 0.717) is 0 Å². The summed E-state index contributed by atoms with van der Waals surface area (Å²) in [6, 6.07) is 15.8. The molecule has 0 amide bonds. The molecular weight excluding hydrogens is 352 g/mol. The van der Waals surface area contributed by atoms with E-state index < -0.39 is 0 Å². The molecule has 0 saturated heterocycles. The molecule has 1 aliphatic heterocycles. The summed E-state index contributed by atoms with van der Waals surface area (Å²) in [5, 5.41) is 0. The first-order valence-corrected chi connectivity index (χ1v) is 10.9. The summed E-state index contributed by atoms with van der Waals surface area (Å²) in [6.45, 7) is 13.1. The van der Waals surface area contributed by atoms with Gasteiger partial charge in [-0.05, 0) is 79.1 Å². The molecule has 1 aliphatic rings. The van der Waals surface area contributed by atoms with E-state index in [2.05, 4.69) is 82.0 Å². The van der Waals surface area contributed by atoms with E-state index in [0.717, 1.165) is 38.0 Å². The lowest BCUT2D eigenvalue weighted by Gasteiger charge is -2.33. The Kier molecular flexibility index (Phi) is 5.45. The van der Waals surface area contributed by atoms with Gasteiger partial charge in [0.05, 0.1) is 5.69 Å². The second-order valence-electron chi connectivity index (χ2n) is 8.37. The minimum Gasteiger partial charge on any atom is -0.367 e. The molecule has 2 heterocycles. The van der Waals surface area contributed by atoms with Crippen molar-refractivity contribution in [1.82, 2.24) is 4.98 Å². The minimum atomic E-state index is 0.953. The average molecular weight is 385 g/mol. The van der Waals surface area contributed by atoms with E-state index >= 15 is 0 Å². The first kappa shape index (κ1) is 19.7. The van der Waals surface area contributed by atoms with Crippen LogP contribution < -0.4 is 4.90 Å². The SMILES string of the molecule is CCc1cccc(CC)c1-c1cc(C)c2c(n1)CCN(c1cc(C)ccc1C)C2. The van der Waals surface area contributed by atoms with Crippen LogP contribution in [0.15, 0.2) is 42.5 Å². The molecule has 3 aromatic rings. The number of hydrogen-bond acceptors (Lipinski definition) is 2. The fourth-order valence-electron chi connectivity index (χ4n) is 4.66. The van der Waals surface area contributed by atoms with E-state index in [1.807, 2.05) is 0 Å². The molecule has 0 radical (unpaired) electrons. The Morgan fingerprint density at radius 3 is 2.31 bits per heavy atom. The van der Waals surface area contributed by atoms with Crippen molar-refractivity contribution >= 4 is 5.69 Å². The van der Waals surface area contributed by atoms with Crippen LogP contribution in [0.1, 0.15) is 52.9 Å². The summed E-state index contributed by atoms with van der Waals surface area (Å²) < 4.78 is 0. The summed E-state index contributed by atoms with van der Waals surface area (Å²) in [5.41, 5.74) is 13.4. The van der Waals surface area contributed by atoms with Crippen LogP contribution in [0.3, 0.4) is 0 Å². The van der Waals surface area contributed by atoms with Crippen LogP contribution in [-0.2, 0) is 25.8 Å². The van der Waals surface area contributed by atoms with Gasteiger partial charge < -0.3 is 4.90 Å². The summed E-state index contributed by atoms with van der Waals surface area (Å²) >= 11 is 0. The second-order valence-corrected chi connectivity index (χ2v) is 8.37. The van der Waals surface area contributed by atoms with Crippen LogP contribution in [-0.4, -0.2) is 11.5 Å². The fraction of sp³-hybridized carbons (Fsp3) is 0.370. The maximum Gasteiger partial charge on any atom is 0.0713 e. The fourth-order valence-corrected chi connectivity index (χ4v) is 4.66. The van der Waals surface area contributed by atoms with E-state index in [9.17, 15) is 0 Å². The smallest absolute Gasteiger partial charge is 0.0713 e. The van der Waals surface area contributed by atoms with Gasteiger partial charge in [-0.25, -0.2) is 0 Å². The molecule has 29 heavy (non-hydrogen) atoms. The molecule has 0 aliphatic carbocycles. The van der Waals surface area contributed by atoms with Crippen molar-refractivity contribution in [3.63, 3.8) is 0 Å². The molecule has 1 aromatic heterocycles. The molecule has 0 N–H and O–H groups in total. The third kappa shape index (κ3) is 3.69. The quantitative estimate of drug-likeness (QED) is 0.520. The lowest BCUT2D eigenvalue weighted by molar-refractivity contribution is 0.706. The standard InChI is InChI=1S/C27H32N2/c1-6-21-9-8-10-22(7-2)27(21)25-16-20(5)23-17-29(14-13-24(23)28-25)26-15-18(3)11-12-19(26)4/h8-12,15-16H,6-7,13-14,17H2,1-5H3. The molecule has 0 atom stereocenters. The molecule has 0 bridgehead atoms. The number of aryl methyl sites for hydroxylation is 5. The molecule has 0 spiro atoms. The average Bonchev–Trinajstić information content (AvgIpc) is 2.74. The first-order valence-electron chi connectivity index (χ1n) is 10.9. The monoisotopic (exact) mass is 384 g/mol. The van der Waals surface area contributed by atoms with Crippen LogP contribution in [0.2, 0.25) is 0 Å². The van der Waals surface area contributed by atoms with Crippen molar-refractivity contribution in [2.75, 3.05) is 11.4 Å². The normalized spacial score (nSPS) is 13.5. The van der Waals surface area contributed by atoms with E-state index in [4.69, 9.17) is 4.98 Å². The number of hydrogen-bond donors (Lipinski definition) is 0. The lowest BCUT2D eigenvalue weighted by Crippen LogP contribution is -2.32. The number of anilines is 1. The summed E-state index contributed by atoms with van der Waals surface area (Å²) in [4.78, 5) is 7.73. The highest BCUT2D eigenvalue weighted by Crippen LogP contribution is 2.33. The summed E-state index contributed by atoms with van der Waals surface area (Å²) in [7, 11) is 0. The van der Waals surface area contributed by atoms with Gasteiger partial charge in [0.15, 0.2) is 0 Å². The largest absolute Gasteiger partial charge is 0.367 e. The van der Waals surface area contributed by atoms with Crippen LogP contribution in [0.5, 0.6) is 0 Å². The second kappa shape index (κ2) is 8.02. The Balaban J connectivity index is 1.74. The highest BCUT2D eigenvalue weighted by molar-refractivity contribution is 5.70. The van der Waals surface area contributed by atoms with Crippen LogP contribution in [0.25, 0.3) is 11.3 Å². The molecule has 4 rings (SSSR count). The highest BCUT2D eigenvalue weighted by atomic mass is 15.1. The Bertz CT molecular complexity index is 1030. The van der Waals surface area contributed by atoms with Crippen LogP contribution >= 0.6 is 0 Å². The van der Waals surface area contributed by atoms with E-state index in [1.54, 1.807) is 0 Å². The van der Waals surface area contributed by atoms with E-state index in [1.165, 1.54) is 50.3 Å². The van der Waals surface area contributed by atoms with Crippen molar-refractivity contribution in [2.45, 2.75) is 60.4 Å². The highest BCUT2D eigenvalue weighted by Gasteiger charge is 2.22. The van der Waals surface area contributed by atoms with Gasteiger partial charge in [0.1, 0.15) is 0 Å². The predicted octanol–water partition coefficient (Wildman–Crippen LogP) is 6.36. The van der Waals surface area contributed by atoms with Gasteiger partial charge in [0.25, 0.3) is 0 Å². The van der Waals surface area contributed by atoms with Crippen molar-refractivity contribution < 1.29 is 0 Å². The molecule has 0 unspecified atom stereocenters. The van der Waals surface area contributed by atoms with Crippen molar-refractivity contribution in [3.8, 4) is 11.3 Å². The molecular formula is C27H32N2. The zero-order valence-electron chi connectivity index (χ0n) is 18.5. The maximum absolute atomic E-state index is 5.20. The van der Waals surface area contributed by atoms with Gasteiger partial charge in [-0.2, -0.15) is 0 Å². The zero-order chi connectivity index (χ0) is 20.5. The molecule has 0 fully saturated rings. The Morgan fingerprint density at radius 2 is 1.62 bits per heavy atom. The van der Waals surface area contributed by atoms with Gasteiger partial charge in [0, 0.05) is 36.5 Å². The van der Waals surface area contributed by atoms with Crippen LogP contribution in [0, 0.1) is 20.8 Å². The molecule has 2 nitrogen and oxygen atoms in total. The first-order chi connectivity index (χ1) is 14.0. The third-order valence-corrected chi connectivity index (χ3v) is 6.36. The molecule has 150 valence electrons. The number of benzene rings is 2. The van der Waals surface area contributed by atoms with Crippen molar-refractivity contribution in [2.24, 2.45) is 0 Å². The predicted molar refractivity (Wildman–Crippen MR) is 124 cm³/mol. The Hall–Kier alpha value is -2.61. The number of pyridine rings is 1.